The lowest BCUT2D eigenvalue weighted by atomic mass is 10.1. The number of aromatic nitrogens is 2. The van der Waals surface area contributed by atoms with Crippen LogP contribution in [0.4, 0.5) is 0 Å². The topological polar surface area (TPSA) is 43.8 Å². The Labute approximate surface area is 102 Å². The SMILES string of the molecule is Cn1cc(CN)c(-c2ccccc2I)n1. The van der Waals surface area contributed by atoms with Crippen molar-refractivity contribution in [3.05, 3.63) is 39.6 Å². The summed E-state index contributed by atoms with van der Waals surface area (Å²) in [6.45, 7) is 0.522. The van der Waals surface area contributed by atoms with Gasteiger partial charge in [0.25, 0.3) is 0 Å². The van der Waals surface area contributed by atoms with E-state index in [1.54, 1.807) is 4.68 Å². The maximum atomic E-state index is 5.70. The highest BCUT2D eigenvalue weighted by Gasteiger charge is 2.10. The van der Waals surface area contributed by atoms with Gasteiger partial charge >= 0.3 is 0 Å². The molecule has 2 N–H and O–H groups in total. The summed E-state index contributed by atoms with van der Waals surface area (Å²) in [4.78, 5) is 0. The number of halogens is 1. The van der Waals surface area contributed by atoms with Crippen molar-refractivity contribution in [2.45, 2.75) is 6.54 Å². The van der Waals surface area contributed by atoms with Crippen molar-refractivity contribution in [1.29, 1.82) is 0 Å². The maximum absolute atomic E-state index is 5.70. The van der Waals surface area contributed by atoms with Crippen LogP contribution in [0.25, 0.3) is 11.3 Å². The molecule has 4 heteroatoms. The molecule has 78 valence electrons. The van der Waals surface area contributed by atoms with E-state index in [2.05, 4.69) is 39.8 Å². The average molecular weight is 313 g/mol. The van der Waals surface area contributed by atoms with Crippen molar-refractivity contribution in [3.63, 3.8) is 0 Å². The monoisotopic (exact) mass is 313 g/mol. The van der Waals surface area contributed by atoms with E-state index in [0.29, 0.717) is 6.54 Å². The zero-order valence-electron chi connectivity index (χ0n) is 8.44. The van der Waals surface area contributed by atoms with Crippen LogP contribution in [-0.2, 0) is 13.6 Å². The van der Waals surface area contributed by atoms with E-state index < -0.39 is 0 Å². The lowest BCUT2D eigenvalue weighted by Crippen LogP contribution is -1.97. The Balaban J connectivity index is 2.58. The zero-order valence-corrected chi connectivity index (χ0v) is 10.6. The summed E-state index contributed by atoms with van der Waals surface area (Å²) < 4.78 is 3.00. The van der Waals surface area contributed by atoms with Crippen LogP contribution < -0.4 is 5.73 Å². The van der Waals surface area contributed by atoms with Crippen molar-refractivity contribution >= 4 is 22.6 Å². The molecule has 1 aromatic heterocycles. The first-order chi connectivity index (χ1) is 7.22. The van der Waals surface area contributed by atoms with Crippen molar-refractivity contribution < 1.29 is 0 Å². The lowest BCUT2D eigenvalue weighted by Gasteiger charge is -2.02. The van der Waals surface area contributed by atoms with Gasteiger partial charge in [-0.25, -0.2) is 0 Å². The molecular weight excluding hydrogens is 301 g/mol. The third-order valence-corrected chi connectivity index (χ3v) is 3.19. The average Bonchev–Trinajstić information content (AvgIpc) is 2.60. The highest BCUT2D eigenvalue weighted by Crippen LogP contribution is 2.26. The van der Waals surface area contributed by atoms with Crippen molar-refractivity contribution in [3.8, 4) is 11.3 Å². The van der Waals surface area contributed by atoms with E-state index in [1.807, 2.05) is 25.4 Å². The summed E-state index contributed by atoms with van der Waals surface area (Å²) in [6.07, 6.45) is 1.97. The quantitative estimate of drug-likeness (QED) is 0.864. The predicted octanol–water partition coefficient (Wildman–Crippen LogP) is 2.15. The Morgan fingerprint density at radius 3 is 2.80 bits per heavy atom. The van der Waals surface area contributed by atoms with Gasteiger partial charge in [0.15, 0.2) is 0 Å². The number of hydrogen-bond donors (Lipinski definition) is 1. The van der Waals surface area contributed by atoms with Gasteiger partial charge in [0.1, 0.15) is 0 Å². The van der Waals surface area contributed by atoms with Crippen LogP contribution in [0, 0.1) is 3.57 Å². The minimum Gasteiger partial charge on any atom is -0.326 e. The largest absolute Gasteiger partial charge is 0.326 e. The Morgan fingerprint density at radius 2 is 2.13 bits per heavy atom. The van der Waals surface area contributed by atoms with Gasteiger partial charge in [-0.1, -0.05) is 18.2 Å². The Hall–Kier alpha value is -0.880. The van der Waals surface area contributed by atoms with Crippen molar-refractivity contribution in [2.24, 2.45) is 12.8 Å². The summed E-state index contributed by atoms with van der Waals surface area (Å²) >= 11 is 2.32. The first-order valence-corrected chi connectivity index (χ1v) is 5.77. The normalized spacial score (nSPS) is 10.6. The molecule has 1 aromatic carbocycles. The number of nitrogens with two attached hydrogens (primary N) is 1. The molecule has 2 rings (SSSR count). The Kier molecular flexibility index (Phi) is 3.06. The predicted molar refractivity (Wildman–Crippen MR) is 69.3 cm³/mol. The molecule has 0 radical (unpaired) electrons. The third kappa shape index (κ3) is 2.05. The summed E-state index contributed by atoms with van der Waals surface area (Å²) in [6, 6.07) is 8.19. The molecule has 0 amide bonds. The van der Waals surface area contributed by atoms with Gasteiger partial charge in [-0.3, -0.25) is 4.68 Å². The first kappa shape index (κ1) is 10.6. The van der Waals surface area contributed by atoms with Crippen molar-refractivity contribution in [2.75, 3.05) is 0 Å². The molecule has 0 atom stereocenters. The van der Waals surface area contributed by atoms with Gasteiger partial charge in [-0.15, -0.1) is 0 Å². The highest BCUT2D eigenvalue weighted by molar-refractivity contribution is 14.1. The van der Waals surface area contributed by atoms with Gasteiger partial charge < -0.3 is 5.73 Å². The second-order valence-electron chi connectivity index (χ2n) is 3.36. The minimum absolute atomic E-state index is 0.522. The molecule has 0 fully saturated rings. The van der Waals surface area contributed by atoms with Gasteiger partial charge in [-0.2, -0.15) is 5.10 Å². The molecule has 0 unspecified atom stereocenters. The molecule has 0 saturated carbocycles. The van der Waals surface area contributed by atoms with Crippen LogP contribution in [0.5, 0.6) is 0 Å². The molecule has 0 aliphatic rings. The Morgan fingerprint density at radius 1 is 1.40 bits per heavy atom. The fourth-order valence-electron chi connectivity index (χ4n) is 1.57. The van der Waals surface area contributed by atoms with Crippen LogP contribution >= 0.6 is 22.6 Å². The molecule has 3 nitrogen and oxygen atoms in total. The van der Waals surface area contributed by atoms with Crippen molar-refractivity contribution in [1.82, 2.24) is 9.78 Å². The summed E-state index contributed by atoms with van der Waals surface area (Å²) in [5, 5.41) is 4.44. The molecular formula is C11H12IN3. The van der Waals surface area contributed by atoms with E-state index in [-0.39, 0.29) is 0 Å². The third-order valence-electron chi connectivity index (χ3n) is 2.25. The molecule has 1 heterocycles. The van der Waals surface area contributed by atoms with Crippen LogP contribution in [0.3, 0.4) is 0 Å². The van der Waals surface area contributed by atoms with E-state index in [4.69, 9.17) is 5.73 Å². The van der Waals surface area contributed by atoms with Crippen LogP contribution in [0.2, 0.25) is 0 Å². The van der Waals surface area contributed by atoms with Gasteiger partial charge in [0.2, 0.25) is 0 Å². The van der Waals surface area contributed by atoms with Gasteiger partial charge in [-0.05, 0) is 28.7 Å². The maximum Gasteiger partial charge on any atom is 0.0978 e. The van der Waals surface area contributed by atoms with E-state index in [1.165, 1.54) is 3.57 Å². The van der Waals surface area contributed by atoms with Crippen LogP contribution in [-0.4, -0.2) is 9.78 Å². The minimum atomic E-state index is 0.522. The molecule has 0 aliphatic heterocycles. The lowest BCUT2D eigenvalue weighted by molar-refractivity contribution is 0.769. The molecule has 15 heavy (non-hydrogen) atoms. The zero-order chi connectivity index (χ0) is 10.8. The number of hydrogen-bond acceptors (Lipinski definition) is 2. The molecule has 0 saturated heterocycles. The number of benzene rings is 1. The van der Waals surface area contributed by atoms with Crippen LogP contribution in [0.1, 0.15) is 5.56 Å². The molecule has 0 aliphatic carbocycles. The Bertz CT molecular complexity index is 476. The highest BCUT2D eigenvalue weighted by atomic mass is 127. The van der Waals surface area contributed by atoms with E-state index in [9.17, 15) is 0 Å². The summed E-state index contributed by atoms with van der Waals surface area (Å²) in [5.74, 6) is 0. The smallest absolute Gasteiger partial charge is 0.0978 e. The second kappa shape index (κ2) is 4.32. The summed E-state index contributed by atoms with van der Waals surface area (Å²) in [7, 11) is 1.92. The molecule has 0 bridgehead atoms. The number of nitrogens with zero attached hydrogens (tertiary/aromatic N) is 2. The van der Waals surface area contributed by atoms with E-state index >= 15 is 0 Å². The standard InChI is InChI=1S/C11H12IN3/c1-15-7-8(6-13)11(14-15)9-4-2-3-5-10(9)12/h2-5,7H,6,13H2,1H3. The van der Waals surface area contributed by atoms with Gasteiger partial charge in [0, 0.05) is 34.5 Å². The molecule has 2 aromatic rings. The molecule has 0 spiro atoms. The number of aryl methyl sites for hydroxylation is 1. The van der Waals surface area contributed by atoms with E-state index in [0.717, 1.165) is 16.8 Å². The fraction of sp³-hybridized carbons (Fsp3) is 0.182. The fourth-order valence-corrected chi connectivity index (χ4v) is 2.21. The first-order valence-electron chi connectivity index (χ1n) is 4.70. The van der Waals surface area contributed by atoms with Gasteiger partial charge in [0.05, 0.1) is 5.69 Å². The van der Waals surface area contributed by atoms with Crippen LogP contribution in [0.15, 0.2) is 30.5 Å². The summed E-state index contributed by atoms with van der Waals surface area (Å²) in [5.41, 5.74) is 8.92. The number of rotatable bonds is 2. The second-order valence-corrected chi connectivity index (χ2v) is 4.52.